The van der Waals surface area contributed by atoms with Crippen LogP contribution in [0.5, 0.6) is 0 Å². The third-order valence-electron chi connectivity index (χ3n) is 3.18. The topological polar surface area (TPSA) is 71.3 Å². The first-order valence-corrected chi connectivity index (χ1v) is 8.76. The van der Waals surface area contributed by atoms with Gasteiger partial charge in [0.1, 0.15) is 0 Å². The predicted octanol–water partition coefficient (Wildman–Crippen LogP) is 4.29. The predicted molar refractivity (Wildman–Crippen MR) is 96.3 cm³/mol. The van der Waals surface area contributed by atoms with Gasteiger partial charge in [0.15, 0.2) is 10.4 Å². The van der Waals surface area contributed by atoms with Crippen molar-refractivity contribution in [3.8, 4) is 0 Å². The summed E-state index contributed by atoms with van der Waals surface area (Å²) in [5, 5.41) is 7.52. The van der Waals surface area contributed by atoms with Crippen molar-refractivity contribution in [2.45, 2.75) is 6.54 Å². The van der Waals surface area contributed by atoms with Crippen LogP contribution in [0.3, 0.4) is 0 Å². The maximum Gasteiger partial charge on any atom is 0.291 e. The van der Waals surface area contributed by atoms with Crippen molar-refractivity contribution >= 4 is 44.8 Å². The number of carbonyl (C=O) groups excluding carboxylic acids is 2. The first-order chi connectivity index (χ1) is 11.6. The molecule has 0 unspecified atom stereocenters. The molecule has 0 aliphatic carbocycles. The van der Waals surface area contributed by atoms with E-state index in [1.165, 1.54) is 0 Å². The Morgan fingerprint density at radius 1 is 1.08 bits per heavy atom. The monoisotopic (exact) mass is 404 g/mol. The van der Waals surface area contributed by atoms with Gasteiger partial charge in [0.25, 0.3) is 11.8 Å². The number of furan rings is 1. The highest BCUT2D eigenvalue weighted by molar-refractivity contribution is 9.10. The lowest BCUT2D eigenvalue weighted by Crippen LogP contribution is -2.22. The van der Waals surface area contributed by atoms with Gasteiger partial charge in [-0.3, -0.25) is 9.59 Å². The second-order valence-electron chi connectivity index (χ2n) is 4.90. The highest BCUT2D eigenvalue weighted by Gasteiger charge is 2.12. The minimum absolute atomic E-state index is 0.189. The number of carbonyl (C=O) groups is 2. The van der Waals surface area contributed by atoms with Crippen molar-refractivity contribution in [1.82, 2.24) is 5.32 Å². The van der Waals surface area contributed by atoms with Crippen LogP contribution in [0, 0.1) is 0 Å². The molecule has 0 aliphatic heterocycles. The van der Waals surface area contributed by atoms with Crippen molar-refractivity contribution in [3.05, 3.63) is 74.8 Å². The third-order valence-corrected chi connectivity index (χ3v) is 4.49. The molecule has 5 nitrogen and oxygen atoms in total. The molecular formula is C17H13BrN2O3S. The Morgan fingerprint density at radius 3 is 2.67 bits per heavy atom. The van der Waals surface area contributed by atoms with Crippen LogP contribution in [-0.2, 0) is 6.54 Å². The Labute approximate surface area is 150 Å². The molecule has 2 amide bonds. The van der Waals surface area contributed by atoms with Gasteiger partial charge in [-0.25, -0.2) is 0 Å². The van der Waals surface area contributed by atoms with E-state index >= 15 is 0 Å². The van der Waals surface area contributed by atoms with Crippen LogP contribution < -0.4 is 10.6 Å². The standard InChI is InChI=1S/C17H13BrN2O3S/c18-15-7-6-14(23-15)17(22)20-12-4-1-3-11(9-12)16(21)19-10-13-5-2-8-24-13/h1-9H,10H2,(H,19,21)(H,20,22). The summed E-state index contributed by atoms with van der Waals surface area (Å²) in [4.78, 5) is 25.4. The molecule has 122 valence electrons. The lowest BCUT2D eigenvalue weighted by molar-refractivity contribution is 0.0949. The quantitative estimate of drug-likeness (QED) is 0.666. The first kappa shape index (κ1) is 16.5. The fraction of sp³-hybridized carbons (Fsp3) is 0.0588. The largest absolute Gasteiger partial charge is 0.444 e. The molecule has 2 heterocycles. The molecule has 2 aromatic heterocycles. The molecule has 0 saturated carbocycles. The van der Waals surface area contributed by atoms with E-state index in [0.717, 1.165) is 4.88 Å². The van der Waals surface area contributed by atoms with Gasteiger partial charge in [0.05, 0.1) is 6.54 Å². The van der Waals surface area contributed by atoms with E-state index in [2.05, 4.69) is 26.6 Å². The summed E-state index contributed by atoms with van der Waals surface area (Å²) >= 11 is 4.74. The van der Waals surface area contributed by atoms with Crippen molar-refractivity contribution in [2.24, 2.45) is 0 Å². The number of rotatable bonds is 5. The summed E-state index contributed by atoms with van der Waals surface area (Å²) < 4.78 is 5.68. The molecule has 0 radical (unpaired) electrons. The summed E-state index contributed by atoms with van der Waals surface area (Å²) in [5.74, 6) is -0.383. The zero-order valence-electron chi connectivity index (χ0n) is 12.4. The van der Waals surface area contributed by atoms with Crippen LogP contribution >= 0.6 is 27.3 Å². The van der Waals surface area contributed by atoms with Gasteiger partial charge in [-0.2, -0.15) is 0 Å². The molecule has 0 spiro atoms. The van der Waals surface area contributed by atoms with Crippen LogP contribution in [0.2, 0.25) is 0 Å². The van der Waals surface area contributed by atoms with Gasteiger partial charge in [-0.15, -0.1) is 11.3 Å². The van der Waals surface area contributed by atoms with Crippen molar-refractivity contribution in [1.29, 1.82) is 0 Å². The second-order valence-corrected chi connectivity index (χ2v) is 6.71. The fourth-order valence-electron chi connectivity index (χ4n) is 2.05. The number of hydrogen-bond acceptors (Lipinski definition) is 4. The first-order valence-electron chi connectivity index (χ1n) is 7.09. The molecule has 0 aliphatic rings. The summed E-state index contributed by atoms with van der Waals surface area (Å²) in [5.41, 5.74) is 1.00. The fourth-order valence-corrected chi connectivity index (χ4v) is 3.00. The molecule has 2 N–H and O–H groups in total. The van der Waals surface area contributed by atoms with E-state index in [1.54, 1.807) is 47.7 Å². The van der Waals surface area contributed by atoms with E-state index in [-0.39, 0.29) is 17.6 Å². The molecular weight excluding hydrogens is 392 g/mol. The van der Waals surface area contributed by atoms with E-state index < -0.39 is 0 Å². The molecule has 0 bridgehead atoms. The van der Waals surface area contributed by atoms with Crippen molar-refractivity contribution < 1.29 is 14.0 Å². The summed E-state index contributed by atoms with van der Waals surface area (Å²) in [6, 6.07) is 13.9. The van der Waals surface area contributed by atoms with E-state index in [0.29, 0.717) is 22.5 Å². The number of nitrogens with one attached hydrogen (secondary N) is 2. The maximum absolute atomic E-state index is 12.2. The Hall–Kier alpha value is -2.38. The number of thiophene rings is 1. The van der Waals surface area contributed by atoms with E-state index in [1.807, 2.05) is 17.5 Å². The average Bonchev–Trinajstić information content (AvgIpc) is 3.24. The molecule has 0 atom stereocenters. The highest BCUT2D eigenvalue weighted by Crippen LogP contribution is 2.17. The minimum atomic E-state index is -0.378. The maximum atomic E-state index is 12.2. The molecule has 0 fully saturated rings. The summed E-state index contributed by atoms with van der Waals surface area (Å²) in [7, 11) is 0. The number of halogens is 1. The van der Waals surface area contributed by atoms with Crippen LogP contribution in [0.1, 0.15) is 25.8 Å². The smallest absolute Gasteiger partial charge is 0.291 e. The molecule has 3 aromatic rings. The SMILES string of the molecule is O=C(NCc1cccs1)c1cccc(NC(=O)c2ccc(Br)o2)c1. The molecule has 1 aromatic carbocycles. The zero-order valence-corrected chi connectivity index (χ0v) is 14.8. The van der Waals surface area contributed by atoms with E-state index in [4.69, 9.17) is 4.42 Å². The molecule has 0 saturated heterocycles. The molecule has 7 heteroatoms. The summed E-state index contributed by atoms with van der Waals surface area (Å²) in [6.07, 6.45) is 0. The van der Waals surface area contributed by atoms with Gasteiger partial charge in [0.2, 0.25) is 0 Å². The van der Waals surface area contributed by atoms with Gasteiger partial charge >= 0.3 is 0 Å². The number of hydrogen-bond donors (Lipinski definition) is 2. The molecule has 3 rings (SSSR count). The van der Waals surface area contributed by atoms with Crippen LogP contribution in [0.25, 0.3) is 0 Å². The Morgan fingerprint density at radius 2 is 1.96 bits per heavy atom. The van der Waals surface area contributed by atoms with E-state index in [9.17, 15) is 9.59 Å². The number of anilines is 1. The molecule has 24 heavy (non-hydrogen) atoms. The highest BCUT2D eigenvalue weighted by atomic mass is 79.9. The second kappa shape index (κ2) is 7.46. The van der Waals surface area contributed by atoms with Crippen LogP contribution in [0.4, 0.5) is 5.69 Å². The average molecular weight is 405 g/mol. The van der Waals surface area contributed by atoms with Crippen LogP contribution in [0.15, 0.2) is 63.0 Å². The van der Waals surface area contributed by atoms with Gasteiger partial charge < -0.3 is 15.1 Å². The van der Waals surface area contributed by atoms with Gasteiger partial charge in [0, 0.05) is 16.1 Å². The Bertz CT molecular complexity index is 858. The van der Waals surface area contributed by atoms with Gasteiger partial charge in [-0.1, -0.05) is 12.1 Å². The number of benzene rings is 1. The van der Waals surface area contributed by atoms with Crippen LogP contribution in [-0.4, -0.2) is 11.8 Å². The lowest BCUT2D eigenvalue weighted by Gasteiger charge is -2.07. The summed E-state index contributed by atoms with van der Waals surface area (Å²) in [6.45, 7) is 0.480. The van der Waals surface area contributed by atoms with Crippen molar-refractivity contribution in [3.63, 3.8) is 0 Å². The third kappa shape index (κ3) is 4.12. The minimum Gasteiger partial charge on any atom is -0.444 e. The van der Waals surface area contributed by atoms with Gasteiger partial charge in [-0.05, 0) is 57.7 Å². The normalized spacial score (nSPS) is 10.4. The Balaban J connectivity index is 1.65. The van der Waals surface area contributed by atoms with Crippen molar-refractivity contribution in [2.75, 3.05) is 5.32 Å². The Kier molecular flexibility index (Phi) is 5.12. The zero-order chi connectivity index (χ0) is 16.9. The number of amides is 2. The lowest BCUT2D eigenvalue weighted by atomic mass is 10.2.